The number of amides is 3. The molecular weight excluding hydrogens is 434 g/mol. The van der Waals surface area contributed by atoms with Gasteiger partial charge in [-0.2, -0.15) is 0 Å². The second kappa shape index (κ2) is 10.0. The fourth-order valence-corrected chi connectivity index (χ4v) is 4.51. The third-order valence-electron chi connectivity index (χ3n) is 5.53. The van der Waals surface area contributed by atoms with Gasteiger partial charge in [-0.3, -0.25) is 14.4 Å². The smallest absolute Gasteiger partial charge is 0.286 e. The maximum absolute atomic E-state index is 13.0. The predicted octanol–water partition coefficient (Wildman–Crippen LogP) is 1.51. The molecule has 1 N–H and O–H groups in total. The van der Waals surface area contributed by atoms with Crippen molar-refractivity contribution in [1.29, 1.82) is 0 Å². The van der Waals surface area contributed by atoms with Crippen molar-refractivity contribution in [3.63, 3.8) is 0 Å². The van der Waals surface area contributed by atoms with Crippen molar-refractivity contribution in [2.75, 3.05) is 51.8 Å². The Balaban J connectivity index is 1.36. The quantitative estimate of drug-likeness (QED) is 0.721. The van der Waals surface area contributed by atoms with Gasteiger partial charge in [0.25, 0.3) is 11.8 Å². The van der Waals surface area contributed by atoms with Crippen LogP contribution < -0.4 is 10.1 Å². The predicted molar refractivity (Wildman–Crippen MR) is 117 cm³/mol. The van der Waals surface area contributed by atoms with Crippen molar-refractivity contribution >= 4 is 34.7 Å². The number of hydrogen-bond acceptors (Lipinski definition) is 8. The van der Waals surface area contributed by atoms with Crippen LogP contribution in [0.2, 0.25) is 0 Å². The zero-order valence-corrected chi connectivity index (χ0v) is 18.6. The Labute approximate surface area is 189 Å². The van der Waals surface area contributed by atoms with E-state index in [2.05, 4.69) is 15.5 Å². The molecule has 0 aliphatic carbocycles. The molecular formula is C21H25N5O5S. The number of benzene rings is 1. The molecule has 0 saturated carbocycles. The third-order valence-corrected chi connectivity index (χ3v) is 6.44. The largest absolute Gasteiger partial charge is 0.497 e. The summed E-state index contributed by atoms with van der Waals surface area (Å²) in [6, 6.07) is 6.89. The number of morpholine rings is 1. The first kappa shape index (κ1) is 22.2. The van der Waals surface area contributed by atoms with Gasteiger partial charge in [-0.15, -0.1) is 10.2 Å². The average molecular weight is 460 g/mol. The molecule has 1 aromatic carbocycles. The minimum Gasteiger partial charge on any atom is -0.497 e. The number of nitrogens with one attached hydrogen (secondary N) is 1. The van der Waals surface area contributed by atoms with Crippen molar-refractivity contribution in [1.82, 2.24) is 20.0 Å². The number of aromatic nitrogens is 2. The summed E-state index contributed by atoms with van der Waals surface area (Å²) in [6.07, 6.45) is 1.50. The van der Waals surface area contributed by atoms with Gasteiger partial charge in [0, 0.05) is 31.9 Å². The highest BCUT2D eigenvalue weighted by atomic mass is 32.1. The van der Waals surface area contributed by atoms with Gasteiger partial charge in [0.1, 0.15) is 5.75 Å². The second-order valence-electron chi connectivity index (χ2n) is 7.62. The van der Waals surface area contributed by atoms with Gasteiger partial charge < -0.3 is 24.6 Å². The molecule has 2 saturated heterocycles. The third kappa shape index (κ3) is 5.05. The van der Waals surface area contributed by atoms with Gasteiger partial charge in [-0.05, 0) is 37.1 Å². The molecule has 0 spiro atoms. The highest BCUT2D eigenvalue weighted by Gasteiger charge is 2.33. The van der Waals surface area contributed by atoms with E-state index in [0.29, 0.717) is 50.8 Å². The molecule has 2 aromatic rings. The molecule has 1 aromatic heterocycles. The molecule has 32 heavy (non-hydrogen) atoms. The van der Waals surface area contributed by atoms with E-state index in [9.17, 15) is 14.4 Å². The summed E-state index contributed by atoms with van der Waals surface area (Å²) >= 11 is 0.945. The first-order valence-electron chi connectivity index (χ1n) is 10.5. The van der Waals surface area contributed by atoms with Crippen LogP contribution in [0.3, 0.4) is 0 Å². The van der Waals surface area contributed by atoms with Gasteiger partial charge in [0.2, 0.25) is 15.9 Å². The number of anilines is 1. The van der Waals surface area contributed by atoms with Crippen LogP contribution in [0.4, 0.5) is 5.69 Å². The Morgan fingerprint density at radius 3 is 2.50 bits per heavy atom. The molecule has 3 amide bonds. The van der Waals surface area contributed by atoms with Crippen LogP contribution in [0, 0.1) is 5.92 Å². The highest BCUT2D eigenvalue weighted by molar-refractivity contribution is 7.15. The summed E-state index contributed by atoms with van der Waals surface area (Å²) in [6.45, 7) is 3.18. The monoisotopic (exact) mass is 459 g/mol. The topological polar surface area (TPSA) is 114 Å². The molecule has 1 unspecified atom stereocenters. The summed E-state index contributed by atoms with van der Waals surface area (Å²) in [5.41, 5.74) is 0.583. The number of rotatable bonds is 5. The van der Waals surface area contributed by atoms with Crippen LogP contribution in [0.5, 0.6) is 5.75 Å². The van der Waals surface area contributed by atoms with Crippen molar-refractivity contribution in [2.45, 2.75) is 12.8 Å². The number of piperidine rings is 1. The van der Waals surface area contributed by atoms with E-state index in [1.165, 1.54) is 0 Å². The summed E-state index contributed by atoms with van der Waals surface area (Å²) in [4.78, 5) is 41.7. The van der Waals surface area contributed by atoms with Crippen molar-refractivity contribution < 1.29 is 23.9 Å². The number of likely N-dealkylation sites (tertiary alicyclic amines) is 1. The summed E-state index contributed by atoms with van der Waals surface area (Å²) in [7, 11) is 1.57. The van der Waals surface area contributed by atoms with E-state index in [1.807, 2.05) is 4.90 Å². The number of carbonyl (C=O) groups is 3. The molecule has 4 rings (SSSR count). The van der Waals surface area contributed by atoms with E-state index in [0.717, 1.165) is 24.2 Å². The van der Waals surface area contributed by atoms with Crippen LogP contribution in [0.1, 0.15) is 32.4 Å². The van der Waals surface area contributed by atoms with Crippen LogP contribution in [-0.4, -0.2) is 84.2 Å². The zero-order valence-electron chi connectivity index (χ0n) is 17.8. The van der Waals surface area contributed by atoms with E-state index in [-0.39, 0.29) is 27.7 Å². The van der Waals surface area contributed by atoms with Crippen molar-refractivity contribution in [2.24, 2.45) is 5.92 Å². The zero-order chi connectivity index (χ0) is 22.5. The number of hydrogen-bond donors (Lipinski definition) is 1. The summed E-state index contributed by atoms with van der Waals surface area (Å²) in [5, 5.41) is 10.8. The lowest BCUT2D eigenvalue weighted by Gasteiger charge is -2.35. The molecule has 170 valence electrons. The van der Waals surface area contributed by atoms with E-state index >= 15 is 0 Å². The van der Waals surface area contributed by atoms with Crippen LogP contribution in [-0.2, 0) is 9.53 Å². The number of methoxy groups -OCH3 is 1. The van der Waals surface area contributed by atoms with Gasteiger partial charge in [-0.25, -0.2) is 0 Å². The van der Waals surface area contributed by atoms with Crippen LogP contribution >= 0.6 is 11.3 Å². The molecule has 0 bridgehead atoms. The highest BCUT2D eigenvalue weighted by Crippen LogP contribution is 2.23. The molecule has 10 nitrogen and oxygen atoms in total. The normalized spacial score (nSPS) is 18.8. The van der Waals surface area contributed by atoms with E-state index in [4.69, 9.17) is 9.47 Å². The molecule has 3 heterocycles. The fraction of sp³-hybridized carbons (Fsp3) is 0.476. The SMILES string of the molecule is COc1ccc(NC(=O)c2nnc(C(=O)N3CCCC(C(=O)N4CCOCC4)C3)s2)cc1. The first-order valence-corrected chi connectivity index (χ1v) is 11.3. The van der Waals surface area contributed by atoms with Gasteiger partial charge in [0.15, 0.2) is 0 Å². The number of carbonyl (C=O) groups excluding carboxylic acids is 3. The Morgan fingerprint density at radius 2 is 1.78 bits per heavy atom. The van der Waals surface area contributed by atoms with Crippen molar-refractivity contribution in [3.8, 4) is 5.75 Å². The van der Waals surface area contributed by atoms with Crippen LogP contribution in [0.15, 0.2) is 24.3 Å². The molecule has 11 heteroatoms. The Hall–Kier alpha value is -3.05. The molecule has 0 radical (unpaired) electrons. The Kier molecular flexibility index (Phi) is 6.96. The second-order valence-corrected chi connectivity index (χ2v) is 8.60. The molecule has 1 atom stereocenters. The summed E-state index contributed by atoms with van der Waals surface area (Å²) in [5.74, 6) is -0.214. The fourth-order valence-electron chi connectivity index (χ4n) is 3.80. The lowest BCUT2D eigenvalue weighted by Crippen LogP contribution is -2.49. The Morgan fingerprint density at radius 1 is 1.06 bits per heavy atom. The van der Waals surface area contributed by atoms with E-state index in [1.54, 1.807) is 36.3 Å². The van der Waals surface area contributed by atoms with Gasteiger partial charge >= 0.3 is 0 Å². The Bertz CT molecular complexity index is 973. The number of ether oxygens (including phenoxy) is 2. The maximum atomic E-state index is 13.0. The molecule has 2 aliphatic heterocycles. The van der Waals surface area contributed by atoms with Gasteiger partial charge in [-0.1, -0.05) is 11.3 Å². The molecule has 2 fully saturated rings. The maximum Gasteiger partial charge on any atom is 0.286 e. The van der Waals surface area contributed by atoms with Gasteiger partial charge in [0.05, 0.1) is 26.2 Å². The lowest BCUT2D eigenvalue weighted by atomic mass is 9.96. The number of nitrogens with zero attached hydrogens (tertiary/aromatic N) is 4. The van der Waals surface area contributed by atoms with E-state index < -0.39 is 5.91 Å². The standard InChI is InChI=1S/C21H25N5O5S/c1-30-16-6-4-15(5-7-16)22-17(27)18-23-24-19(32-18)21(29)26-8-2-3-14(13-26)20(28)25-9-11-31-12-10-25/h4-7,14H,2-3,8-13H2,1H3,(H,22,27). The average Bonchev–Trinajstić information content (AvgIpc) is 3.35. The minimum absolute atomic E-state index is 0.0719. The lowest BCUT2D eigenvalue weighted by molar-refractivity contribution is -0.141. The van der Waals surface area contributed by atoms with Crippen LogP contribution in [0.25, 0.3) is 0 Å². The molecule has 2 aliphatic rings. The summed E-state index contributed by atoms with van der Waals surface area (Å²) < 4.78 is 10.4. The van der Waals surface area contributed by atoms with Crippen molar-refractivity contribution in [3.05, 3.63) is 34.3 Å². The first-order chi connectivity index (χ1) is 15.5. The minimum atomic E-state index is -0.439.